The molecule has 0 aromatic carbocycles. The number of hydrogen-bond acceptors (Lipinski definition) is 6. The molecule has 0 aliphatic carbocycles. The number of nitrogens with zero attached hydrogens (tertiary/aromatic N) is 4. The van der Waals surface area contributed by atoms with Crippen molar-refractivity contribution in [2.24, 2.45) is 0 Å². The third kappa shape index (κ3) is 3.63. The topological polar surface area (TPSA) is 77.3 Å². The van der Waals surface area contributed by atoms with Crippen LogP contribution in [0.3, 0.4) is 0 Å². The van der Waals surface area contributed by atoms with E-state index in [1.807, 2.05) is 16.9 Å². The lowest BCUT2D eigenvalue weighted by atomic mass is 10.2. The standard InChI is InChI=1S/C14H20N4O3S2/c1-3-23(19,20)17-5-13-4-15-10-18(13)14(6-17)8-21-7-12-9-22-11(2)16-12/h4,9-10,14H,3,5-8H2,1-2H3. The van der Waals surface area contributed by atoms with Crippen molar-refractivity contribution in [1.82, 2.24) is 18.8 Å². The predicted octanol–water partition coefficient (Wildman–Crippen LogP) is 1.57. The summed E-state index contributed by atoms with van der Waals surface area (Å²) in [5.74, 6) is 0.104. The average Bonchev–Trinajstić information content (AvgIpc) is 3.15. The molecule has 23 heavy (non-hydrogen) atoms. The van der Waals surface area contributed by atoms with Crippen molar-refractivity contribution in [1.29, 1.82) is 0 Å². The molecule has 7 nitrogen and oxygen atoms in total. The fourth-order valence-electron chi connectivity index (χ4n) is 2.65. The largest absolute Gasteiger partial charge is 0.373 e. The molecule has 0 spiro atoms. The van der Waals surface area contributed by atoms with Crippen LogP contribution in [0.15, 0.2) is 17.9 Å². The fraction of sp³-hybridized carbons (Fsp3) is 0.571. The first kappa shape index (κ1) is 16.6. The van der Waals surface area contributed by atoms with Gasteiger partial charge in [-0.3, -0.25) is 0 Å². The molecule has 0 amide bonds. The molecule has 2 aromatic heterocycles. The zero-order valence-corrected chi connectivity index (χ0v) is 14.8. The van der Waals surface area contributed by atoms with Crippen LogP contribution in [0.1, 0.15) is 29.4 Å². The summed E-state index contributed by atoms with van der Waals surface area (Å²) in [5.41, 5.74) is 1.80. The van der Waals surface area contributed by atoms with Gasteiger partial charge in [-0.05, 0) is 13.8 Å². The van der Waals surface area contributed by atoms with Crippen molar-refractivity contribution in [3.05, 3.63) is 34.3 Å². The second kappa shape index (κ2) is 6.68. The minimum absolute atomic E-state index is 0.0673. The molecule has 3 rings (SSSR count). The van der Waals surface area contributed by atoms with Crippen LogP contribution < -0.4 is 0 Å². The average molecular weight is 356 g/mol. The van der Waals surface area contributed by atoms with Crippen LogP contribution in [0.4, 0.5) is 0 Å². The lowest BCUT2D eigenvalue weighted by Gasteiger charge is -2.33. The Hall–Kier alpha value is -1.29. The highest BCUT2D eigenvalue weighted by Crippen LogP contribution is 2.24. The maximum absolute atomic E-state index is 12.2. The van der Waals surface area contributed by atoms with Gasteiger partial charge in [-0.15, -0.1) is 11.3 Å². The highest BCUT2D eigenvalue weighted by Gasteiger charge is 2.31. The van der Waals surface area contributed by atoms with Crippen LogP contribution in [0.25, 0.3) is 0 Å². The summed E-state index contributed by atoms with van der Waals surface area (Å²) in [5, 5.41) is 2.99. The summed E-state index contributed by atoms with van der Waals surface area (Å²) >= 11 is 1.59. The number of hydrogen-bond donors (Lipinski definition) is 0. The van der Waals surface area contributed by atoms with Gasteiger partial charge in [0.2, 0.25) is 10.0 Å². The van der Waals surface area contributed by atoms with E-state index in [4.69, 9.17) is 4.74 Å². The summed E-state index contributed by atoms with van der Waals surface area (Å²) in [6.07, 6.45) is 3.46. The molecular formula is C14H20N4O3S2. The summed E-state index contributed by atoms with van der Waals surface area (Å²) in [6.45, 7) is 5.27. The number of rotatable bonds is 6. The van der Waals surface area contributed by atoms with Gasteiger partial charge in [-0.25, -0.2) is 18.4 Å². The minimum Gasteiger partial charge on any atom is -0.373 e. The molecule has 126 valence electrons. The number of fused-ring (bicyclic) bond motifs is 1. The van der Waals surface area contributed by atoms with Crippen LogP contribution in [-0.2, 0) is 27.9 Å². The van der Waals surface area contributed by atoms with Gasteiger partial charge >= 0.3 is 0 Å². The maximum atomic E-state index is 12.2. The van der Waals surface area contributed by atoms with E-state index in [-0.39, 0.29) is 11.8 Å². The quantitative estimate of drug-likeness (QED) is 0.785. The van der Waals surface area contributed by atoms with E-state index in [1.165, 1.54) is 4.31 Å². The summed E-state index contributed by atoms with van der Waals surface area (Å²) in [6, 6.07) is -0.0673. The second-order valence-electron chi connectivity index (χ2n) is 5.51. The Balaban J connectivity index is 1.68. The zero-order chi connectivity index (χ0) is 16.4. The van der Waals surface area contributed by atoms with Gasteiger partial charge < -0.3 is 9.30 Å². The molecule has 2 aromatic rings. The van der Waals surface area contributed by atoms with Gasteiger partial charge in [0.1, 0.15) is 0 Å². The summed E-state index contributed by atoms with van der Waals surface area (Å²) in [7, 11) is -3.22. The number of imidazole rings is 1. The number of aryl methyl sites for hydroxylation is 1. The molecule has 0 N–H and O–H groups in total. The van der Waals surface area contributed by atoms with E-state index < -0.39 is 10.0 Å². The highest BCUT2D eigenvalue weighted by molar-refractivity contribution is 7.89. The molecule has 1 aliphatic rings. The van der Waals surface area contributed by atoms with E-state index in [1.54, 1.807) is 30.8 Å². The van der Waals surface area contributed by atoms with Crippen molar-refractivity contribution in [2.45, 2.75) is 33.0 Å². The lowest BCUT2D eigenvalue weighted by molar-refractivity contribution is 0.0737. The first-order valence-electron chi connectivity index (χ1n) is 7.47. The van der Waals surface area contributed by atoms with Crippen molar-refractivity contribution < 1.29 is 13.2 Å². The molecule has 1 unspecified atom stereocenters. The highest BCUT2D eigenvalue weighted by atomic mass is 32.2. The zero-order valence-electron chi connectivity index (χ0n) is 13.2. The molecule has 9 heteroatoms. The molecule has 0 bridgehead atoms. The number of aromatic nitrogens is 3. The fourth-order valence-corrected chi connectivity index (χ4v) is 4.34. The molecule has 0 fully saturated rings. The molecule has 3 heterocycles. The van der Waals surface area contributed by atoms with Crippen LogP contribution in [0.2, 0.25) is 0 Å². The first-order chi connectivity index (χ1) is 11.0. The van der Waals surface area contributed by atoms with Crippen LogP contribution in [0, 0.1) is 6.92 Å². The minimum atomic E-state index is -3.22. The molecule has 0 saturated carbocycles. The summed E-state index contributed by atoms with van der Waals surface area (Å²) < 4.78 is 33.6. The third-order valence-corrected chi connectivity index (χ3v) is 6.49. The van der Waals surface area contributed by atoms with Gasteiger partial charge in [-0.2, -0.15) is 4.31 Å². The Bertz CT molecular complexity index is 769. The van der Waals surface area contributed by atoms with Gasteiger partial charge in [-0.1, -0.05) is 0 Å². The second-order valence-corrected chi connectivity index (χ2v) is 8.83. The van der Waals surface area contributed by atoms with E-state index in [9.17, 15) is 8.42 Å². The number of ether oxygens (including phenoxy) is 1. The molecule has 1 atom stereocenters. The number of sulfonamides is 1. The Morgan fingerprint density at radius 2 is 2.30 bits per heavy atom. The molecule has 0 radical (unpaired) electrons. The predicted molar refractivity (Wildman–Crippen MR) is 87.6 cm³/mol. The van der Waals surface area contributed by atoms with Crippen molar-refractivity contribution in [3.8, 4) is 0 Å². The Morgan fingerprint density at radius 1 is 1.48 bits per heavy atom. The van der Waals surface area contributed by atoms with E-state index in [0.717, 1.165) is 16.4 Å². The third-order valence-electron chi connectivity index (χ3n) is 3.88. The molecular weight excluding hydrogens is 336 g/mol. The molecule has 0 saturated heterocycles. The van der Waals surface area contributed by atoms with Crippen molar-refractivity contribution >= 4 is 21.4 Å². The van der Waals surface area contributed by atoms with Crippen molar-refractivity contribution in [2.75, 3.05) is 18.9 Å². The first-order valence-corrected chi connectivity index (χ1v) is 9.95. The van der Waals surface area contributed by atoms with Crippen LogP contribution >= 0.6 is 11.3 Å². The Morgan fingerprint density at radius 3 is 3.00 bits per heavy atom. The smallest absolute Gasteiger partial charge is 0.214 e. The maximum Gasteiger partial charge on any atom is 0.214 e. The van der Waals surface area contributed by atoms with Gasteiger partial charge in [0.05, 0.1) is 54.3 Å². The normalized spacial score (nSPS) is 19.0. The number of thiazole rings is 1. The van der Waals surface area contributed by atoms with Gasteiger partial charge in [0.25, 0.3) is 0 Å². The molecule has 1 aliphatic heterocycles. The lowest BCUT2D eigenvalue weighted by Crippen LogP contribution is -2.42. The van der Waals surface area contributed by atoms with E-state index in [0.29, 0.717) is 26.3 Å². The monoisotopic (exact) mass is 356 g/mol. The Labute approximate surface area is 140 Å². The Kier molecular flexibility index (Phi) is 4.81. The van der Waals surface area contributed by atoms with E-state index >= 15 is 0 Å². The van der Waals surface area contributed by atoms with E-state index in [2.05, 4.69) is 9.97 Å². The van der Waals surface area contributed by atoms with Crippen LogP contribution in [0.5, 0.6) is 0 Å². The SMILES string of the molecule is CCS(=O)(=O)N1Cc2cncn2C(COCc2csc(C)n2)C1. The van der Waals surface area contributed by atoms with Crippen molar-refractivity contribution in [3.63, 3.8) is 0 Å². The van der Waals surface area contributed by atoms with Gasteiger partial charge in [0, 0.05) is 18.1 Å². The van der Waals surface area contributed by atoms with Gasteiger partial charge in [0.15, 0.2) is 0 Å². The summed E-state index contributed by atoms with van der Waals surface area (Å²) in [4.78, 5) is 8.50. The van der Waals surface area contributed by atoms with Crippen LogP contribution in [-0.4, -0.2) is 46.2 Å².